The van der Waals surface area contributed by atoms with Gasteiger partial charge in [-0.3, -0.25) is 14.5 Å². The standard InChI is InChI=1S/C17H14ClFN2O4S/c1-20(9-13-14(18)4-3-5-15(13)19)26(24,25)10-6-7-11-12(8-10)17(23)21(2)16(11)22/h3-8H,9H2,1-2H3. The molecule has 26 heavy (non-hydrogen) atoms. The average Bonchev–Trinajstić information content (AvgIpc) is 2.82. The summed E-state index contributed by atoms with van der Waals surface area (Å²) in [7, 11) is -1.42. The van der Waals surface area contributed by atoms with E-state index in [1.165, 1.54) is 44.4 Å². The molecule has 0 spiro atoms. The number of nitrogens with zero attached hydrogens (tertiary/aromatic N) is 2. The third-order valence-corrected chi connectivity index (χ3v) is 6.37. The predicted molar refractivity (Wildman–Crippen MR) is 92.9 cm³/mol. The summed E-state index contributed by atoms with van der Waals surface area (Å²) in [6.07, 6.45) is 0. The summed E-state index contributed by atoms with van der Waals surface area (Å²) in [5.41, 5.74) is 0.222. The maximum absolute atomic E-state index is 13.9. The quantitative estimate of drug-likeness (QED) is 0.744. The first-order valence-electron chi connectivity index (χ1n) is 7.50. The number of carbonyl (C=O) groups is 2. The molecule has 0 saturated heterocycles. The first-order valence-corrected chi connectivity index (χ1v) is 9.32. The molecule has 0 N–H and O–H groups in total. The molecule has 0 atom stereocenters. The first-order chi connectivity index (χ1) is 12.1. The average molecular weight is 397 g/mol. The van der Waals surface area contributed by atoms with Gasteiger partial charge in [-0.1, -0.05) is 17.7 Å². The molecule has 0 bridgehead atoms. The number of hydrogen-bond donors (Lipinski definition) is 0. The molecule has 6 nitrogen and oxygen atoms in total. The van der Waals surface area contributed by atoms with Crippen LogP contribution in [0.1, 0.15) is 26.3 Å². The Hall–Kier alpha value is -2.29. The minimum Gasteiger partial charge on any atom is -0.277 e. The van der Waals surface area contributed by atoms with Gasteiger partial charge in [0.25, 0.3) is 11.8 Å². The highest BCUT2D eigenvalue weighted by Crippen LogP contribution is 2.27. The molecule has 0 fully saturated rings. The Morgan fingerprint density at radius 3 is 2.42 bits per heavy atom. The highest BCUT2D eigenvalue weighted by Gasteiger charge is 2.34. The zero-order chi connectivity index (χ0) is 19.2. The van der Waals surface area contributed by atoms with Gasteiger partial charge >= 0.3 is 0 Å². The fraction of sp³-hybridized carbons (Fsp3) is 0.176. The van der Waals surface area contributed by atoms with Crippen molar-refractivity contribution in [2.75, 3.05) is 14.1 Å². The van der Waals surface area contributed by atoms with E-state index in [9.17, 15) is 22.4 Å². The highest BCUT2D eigenvalue weighted by atomic mass is 35.5. The molecule has 136 valence electrons. The number of sulfonamides is 1. The number of imide groups is 1. The largest absolute Gasteiger partial charge is 0.277 e. The van der Waals surface area contributed by atoms with E-state index in [0.29, 0.717) is 0 Å². The van der Waals surface area contributed by atoms with Crippen molar-refractivity contribution in [1.82, 2.24) is 9.21 Å². The van der Waals surface area contributed by atoms with Crippen molar-refractivity contribution in [2.24, 2.45) is 0 Å². The lowest BCUT2D eigenvalue weighted by atomic mass is 10.1. The van der Waals surface area contributed by atoms with Crippen molar-refractivity contribution >= 4 is 33.4 Å². The van der Waals surface area contributed by atoms with E-state index in [2.05, 4.69) is 0 Å². The highest BCUT2D eigenvalue weighted by molar-refractivity contribution is 7.89. The number of benzene rings is 2. The molecule has 0 saturated carbocycles. The van der Waals surface area contributed by atoms with Crippen molar-refractivity contribution in [3.05, 3.63) is 63.9 Å². The molecular formula is C17H14ClFN2O4S. The van der Waals surface area contributed by atoms with E-state index in [1.807, 2.05) is 0 Å². The van der Waals surface area contributed by atoms with Crippen molar-refractivity contribution < 1.29 is 22.4 Å². The van der Waals surface area contributed by atoms with Crippen molar-refractivity contribution in [1.29, 1.82) is 0 Å². The van der Waals surface area contributed by atoms with E-state index in [0.717, 1.165) is 15.3 Å². The van der Waals surface area contributed by atoms with Gasteiger partial charge in [0.1, 0.15) is 5.82 Å². The number of halogens is 2. The first kappa shape index (κ1) is 18.5. The van der Waals surface area contributed by atoms with Crippen LogP contribution in [-0.4, -0.2) is 43.5 Å². The van der Waals surface area contributed by atoms with Crippen LogP contribution in [0.4, 0.5) is 4.39 Å². The van der Waals surface area contributed by atoms with Crippen LogP contribution in [-0.2, 0) is 16.6 Å². The van der Waals surface area contributed by atoms with Gasteiger partial charge in [-0.25, -0.2) is 12.8 Å². The summed E-state index contributed by atoms with van der Waals surface area (Å²) in [5.74, 6) is -1.67. The zero-order valence-electron chi connectivity index (χ0n) is 13.9. The topological polar surface area (TPSA) is 74.8 Å². The molecule has 2 amide bonds. The Bertz CT molecular complexity index is 1020. The Kier molecular flexibility index (Phi) is 4.60. The minimum atomic E-state index is -4.02. The predicted octanol–water partition coefficient (Wildman–Crippen LogP) is 2.53. The Labute approximate surface area is 154 Å². The van der Waals surface area contributed by atoms with E-state index < -0.39 is 27.7 Å². The van der Waals surface area contributed by atoms with Gasteiger partial charge in [0.15, 0.2) is 0 Å². The van der Waals surface area contributed by atoms with Crippen LogP contribution < -0.4 is 0 Å². The van der Waals surface area contributed by atoms with Gasteiger partial charge in [0, 0.05) is 31.2 Å². The van der Waals surface area contributed by atoms with Gasteiger partial charge < -0.3 is 0 Å². The molecule has 0 unspecified atom stereocenters. The number of hydrogen-bond acceptors (Lipinski definition) is 4. The van der Waals surface area contributed by atoms with Crippen LogP contribution in [0, 0.1) is 5.82 Å². The second-order valence-electron chi connectivity index (χ2n) is 5.84. The summed E-state index contributed by atoms with van der Waals surface area (Å²) < 4.78 is 40.4. The summed E-state index contributed by atoms with van der Waals surface area (Å²) >= 11 is 5.95. The number of rotatable bonds is 4. The van der Waals surface area contributed by atoms with Crippen LogP contribution in [0.3, 0.4) is 0 Å². The lowest BCUT2D eigenvalue weighted by molar-refractivity contribution is 0.0693. The minimum absolute atomic E-state index is 0.0240. The maximum Gasteiger partial charge on any atom is 0.261 e. The Balaban J connectivity index is 1.97. The molecule has 2 aromatic carbocycles. The van der Waals surface area contributed by atoms with Gasteiger partial charge in [-0.05, 0) is 30.3 Å². The molecular weight excluding hydrogens is 383 g/mol. The van der Waals surface area contributed by atoms with Crippen LogP contribution in [0.15, 0.2) is 41.3 Å². The van der Waals surface area contributed by atoms with E-state index in [4.69, 9.17) is 11.6 Å². The van der Waals surface area contributed by atoms with Crippen molar-refractivity contribution in [3.8, 4) is 0 Å². The molecule has 0 radical (unpaired) electrons. The summed E-state index contributed by atoms with van der Waals surface area (Å²) in [6, 6.07) is 7.80. The monoisotopic (exact) mass is 396 g/mol. The molecule has 3 rings (SSSR count). The molecule has 0 aromatic heterocycles. The van der Waals surface area contributed by atoms with Gasteiger partial charge in [0.2, 0.25) is 10.0 Å². The van der Waals surface area contributed by atoms with E-state index in [1.54, 1.807) is 0 Å². The van der Waals surface area contributed by atoms with Gasteiger partial charge in [0.05, 0.1) is 16.0 Å². The van der Waals surface area contributed by atoms with E-state index >= 15 is 0 Å². The second kappa shape index (κ2) is 6.46. The van der Waals surface area contributed by atoms with Crippen LogP contribution in [0.2, 0.25) is 5.02 Å². The van der Waals surface area contributed by atoms with Crippen LogP contribution in [0.5, 0.6) is 0 Å². The molecule has 0 aliphatic carbocycles. The zero-order valence-corrected chi connectivity index (χ0v) is 15.4. The number of fused-ring (bicyclic) bond motifs is 1. The SMILES string of the molecule is CN1C(=O)c2ccc(S(=O)(=O)N(C)Cc3c(F)cccc3Cl)cc2C1=O. The Morgan fingerprint density at radius 1 is 1.12 bits per heavy atom. The van der Waals surface area contributed by atoms with Crippen LogP contribution in [0.25, 0.3) is 0 Å². The van der Waals surface area contributed by atoms with Gasteiger partial charge in [-0.15, -0.1) is 0 Å². The maximum atomic E-state index is 13.9. The summed E-state index contributed by atoms with van der Waals surface area (Å²) in [6.45, 7) is -0.280. The number of amides is 2. The lowest BCUT2D eigenvalue weighted by Gasteiger charge is -2.18. The third kappa shape index (κ3) is 2.90. The molecule has 1 aliphatic rings. The second-order valence-corrected chi connectivity index (χ2v) is 8.29. The Morgan fingerprint density at radius 2 is 1.77 bits per heavy atom. The molecule has 2 aromatic rings. The van der Waals surface area contributed by atoms with Crippen molar-refractivity contribution in [2.45, 2.75) is 11.4 Å². The number of carbonyl (C=O) groups excluding carboxylic acids is 2. The summed E-state index contributed by atoms with van der Waals surface area (Å²) in [4.78, 5) is 24.7. The van der Waals surface area contributed by atoms with Crippen molar-refractivity contribution in [3.63, 3.8) is 0 Å². The van der Waals surface area contributed by atoms with E-state index in [-0.39, 0.29) is 33.2 Å². The molecule has 1 heterocycles. The smallest absolute Gasteiger partial charge is 0.261 e. The fourth-order valence-corrected chi connectivity index (χ4v) is 4.06. The van der Waals surface area contributed by atoms with Crippen LogP contribution >= 0.6 is 11.6 Å². The molecule has 1 aliphatic heterocycles. The normalized spacial score (nSPS) is 14.3. The van der Waals surface area contributed by atoms with Gasteiger partial charge in [-0.2, -0.15) is 4.31 Å². The molecule has 9 heteroatoms. The lowest BCUT2D eigenvalue weighted by Crippen LogP contribution is -2.27. The third-order valence-electron chi connectivity index (χ3n) is 4.21. The summed E-state index contributed by atoms with van der Waals surface area (Å²) in [5, 5.41) is 0.114. The fourth-order valence-electron chi connectivity index (χ4n) is 2.67.